The van der Waals surface area contributed by atoms with Crippen LogP contribution < -0.4 is 5.32 Å². The predicted octanol–water partition coefficient (Wildman–Crippen LogP) is 4.12. The number of thiophene rings is 1. The van der Waals surface area contributed by atoms with Crippen molar-refractivity contribution < 1.29 is 14.7 Å². The first-order chi connectivity index (χ1) is 16.1. The van der Waals surface area contributed by atoms with Crippen LogP contribution in [0.25, 0.3) is 5.65 Å². The molecule has 1 fully saturated rings. The van der Waals surface area contributed by atoms with Gasteiger partial charge in [-0.1, -0.05) is 36.4 Å². The lowest BCUT2D eigenvalue weighted by atomic mass is 9.95. The van der Waals surface area contributed by atoms with Gasteiger partial charge in [-0.2, -0.15) is 9.61 Å². The fraction of sp³-hybridized carbons (Fsp3) is 0.250. The van der Waals surface area contributed by atoms with E-state index in [1.54, 1.807) is 11.3 Å². The van der Waals surface area contributed by atoms with Crippen molar-refractivity contribution in [2.45, 2.75) is 25.3 Å². The number of fused-ring (bicyclic) bond motifs is 1. The van der Waals surface area contributed by atoms with Crippen LogP contribution in [-0.4, -0.2) is 49.6 Å². The van der Waals surface area contributed by atoms with E-state index in [2.05, 4.69) is 32.9 Å². The average molecular weight is 462 g/mol. The van der Waals surface area contributed by atoms with E-state index in [1.807, 2.05) is 35.2 Å². The van der Waals surface area contributed by atoms with E-state index in [4.69, 9.17) is 0 Å². The molecular formula is C24H23N5O3S. The summed E-state index contributed by atoms with van der Waals surface area (Å²) in [7, 11) is 0. The first-order valence-electron chi connectivity index (χ1n) is 10.8. The normalized spacial score (nSPS) is 14.5. The number of aromatic carboxylic acids is 1. The number of rotatable bonds is 6. The number of carboxylic acid groups (broad SMARTS) is 1. The minimum Gasteiger partial charge on any atom is -0.477 e. The second-order valence-corrected chi connectivity index (χ2v) is 9.02. The van der Waals surface area contributed by atoms with Crippen LogP contribution >= 0.6 is 11.3 Å². The molecule has 4 heterocycles. The summed E-state index contributed by atoms with van der Waals surface area (Å²) in [6.45, 7) is 1.79. The summed E-state index contributed by atoms with van der Waals surface area (Å²) in [5.41, 5.74) is 1.61. The van der Waals surface area contributed by atoms with Gasteiger partial charge in [-0.15, -0.1) is 11.3 Å². The Labute approximate surface area is 194 Å². The zero-order valence-corrected chi connectivity index (χ0v) is 18.7. The Balaban J connectivity index is 1.43. The molecule has 3 aromatic heterocycles. The van der Waals surface area contributed by atoms with Crippen molar-refractivity contribution in [1.82, 2.24) is 19.5 Å². The maximum Gasteiger partial charge on any atom is 0.341 e. The lowest BCUT2D eigenvalue weighted by molar-refractivity contribution is 0.0695. The number of likely N-dealkylation sites (tertiary alicyclic amines) is 1. The van der Waals surface area contributed by atoms with Gasteiger partial charge in [-0.25, -0.2) is 9.78 Å². The van der Waals surface area contributed by atoms with Crippen LogP contribution in [-0.2, 0) is 6.54 Å². The van der Waals surface area contributed by atoms with Crippen LogP contribution in [0.5, 0.6) is 0 Å². The molecule has 33 heavy (non-hydrogen) atoms. The Bertz CT molecular complexity index is 1280. The summed E-state index contributed by atoms with van der Waals surface area (Å²) < 4.78 is 1.41. The monoisotopic (exact) mass is 461 g/mol. The zero-order chi connectivity index (χ0) is 22.8. The maximum atomic E-state index is 13.5. The molecule has 0 spiro atoms. The van der Waals surface area contributed by atoms with E-state index in [9.17, 15) is 14.7 Å². The molecule has 2 N–H and O–H groups in total. The summed E-state index contributed by atoms with van der Waals surface area (Å²) in [4.78, 5) is 32.6. The van der Waals surface area contributed by atoms with Gasteiger partial charge in [-0.05, 0) is 35.8 Å². The van der Waals surface area contributed by atoms with Crippen molar-refractivity contribution >= 4 is 34.7 Å². The lowest BCUT2D eigenvalue weighted by Crippen LogP contribution is -2.38. The number of piperidine rings is 1. The van der Waals surface area contributed by atoms with E-state index in [1.165, 1.54) is 21.8 Å². The summed E-state index contributed by atoms with van der Waals surface area (Å²) >= 11 is 1.77. The summed E-state index contributed by atoms with van der Waals surface area (Å²) in [5.74, 6) is -0.311. The number of nitrogens with one attached hydrogen (secondary N) is 1. The first-order valence-corrected chi connectivity index (χ1v) is 11.7. The Morgan fingerprint density at radius 2 is 1.85 bits per heavy atom. The van der Waals surface area contributed by atoms with Gasteiger partial charge in [0.25, 0.3) is 5.91 Å². The Morgan fingerprint density at radius 3 is 2.55 bits per heavy atom. The zero-order valence-electron chi connectivity index (χ0n) is 17.8. The number of nitrogens with zero attached hydrogens (tertiary/aromatic N) is 4. The standard InChI is InChI=1S/C24H23N5O3S/c30-23(28-10-8-17(9-11-28)20-7-4-12-33-20)18-14-26-22-19(24(31)32)15-27-29(22)21(18)25-13-16-5-2-1-3-6-16/h1-7,12,14-15,17,25H,8-11,13H2,(H,31,32). The molecule has 1 aliphatic heterocycles. The molecule has 8 nitrogen and oxygen atoms in total. The minimum absolute atomic E-state index is 0.00600. The second-order valence-electron chi connectivity index (χ2n) is 8.04. The SMILES string of the molecule is O=C(O)c1cnn2c(NCc3ccccc3)c(C(=O)N3CCC(c4cccs4)CC3)cnc12. The molecule has 1 amide bonds. The Hall–Kier alpha value is -3.72. The van der Waals surface area contributed by atoms with Gasteiger partial charge in [0.15, 0.2) is 5.65 Å². The molecule has 1 saturated heterocycles. The van der Waals surface area contributed by atoms with E-state index in [-0.39, 0.29) is 17.1 Å². The number of hydrogen-bond donors (Lipinski definition) is 2. The number of hydrogen-bond acceptors (Lipinski definition) is 6. The third-order valence-corrected chi connectivity index (χ3v) is 7.05. The van der Waals surface area contributed by atoms with Crippen LogP contribution in [0.15, 0.2) is 60.2 Å². The van der Waals surface area contributed by atoms with Gasteiger partial charge in [0.1, 0.15) is 16.9 Å². The smallest absolute Gasteiger partial charge is 0.341 e. The highest BCUT2D eigenvalue weighted by Crippen LogP contribution is 2.32. The fourth-order valence-electron chi connectivity index (χ4n) is 4.25. The van der Waals surface area contributed by atoms with Crippen LogP contribution in [0.4, 0.5) is 5.82 Å². The molecule has 0 atom stereocenters. The predicted molar refractivity (Wildman–Crippen MR) is 126 cm³/mol. The van der Waals surface area contributed by atoms with Crippen molar-refractivity contribution in [3.8, 4) is 0 Å². The van der Waals surface area contributed by atoms with Gasteiger partial charge in [-0.3, -0.25) is 4.79 Å². The van der Waals surface area contributed by atoms with Gasteiger partial charge in [0.2, 0.25) is 0 Å². The number of amides is 1. The number of carbonyl (C=O) groups excluding carboxylic acids is 1. The highest BCUT2D eigenvalue weighted by atomic mass is 32.1. The quantitative estimate of drug-likeness (QED) is 0.448. The molecule has 9 heteroatoms. The molecule has 0 saturated carbocycles. The molecule has 4 aromatic rings. The third-order valence-electron chi connectivity index (χ3n) is 6.02. The van der Waals surface area contributed by atoms with Gasteiger partial charge >= 0.3 is 5.97 Å². The molecule has 0 aliphatic carbocycles. The second kappa shape index (κ2) is 9.03. The number of carboxylic acids is 1. The molecule has 1 aliphatic rings. The number of carbonyl (C=O) groups is 2. The molecule has 0 unspecified atom stereocenters. The van der Waals surface area contributed by atoms with Crippen LogP contribution in [0.1, 0.15) is 49.9 Å². The minimum atomic E-state index is -1.11. The van der Waals surface area contributed by atoms with Gasteiger partial charge in [0, 0.05) is 30.7 Å². The van der Waals surface area contributed by atoms with Crippen molar-refractivity contribution in [3.63, 3.8) is 0 Å². The van der Waals surface area contributed by atoms with Crippen molar-refractivity contribution in [3.05, 3.63) is 81.8 Å². The van der Waals surface area contributed by atoms with E-state index < -0.39 is 5.97 Å². The van der Waals surface area contributed by atoms with Crippen molar-refractivity contribution in [1.29, 1.82) is 0 Å². The average Bonchev–Trinajstić information content (AvgIpc) is 3.53. The summed E-state index contributed by atoms with van der Waals surface area (Å²) in [6, 6.07) is 14.0. The number of aromatic nitrogens is 3. The van der Waals surface area contributed by atoms with Crippen molar-refractivity contribution in [2.75, 3.05) is 18.4 Å². The largest absolute Gasteiger partial charge is 0.477 e. The van der Waals surface area contributed by atoms with Crippen LogP contribution in [0.2, 0.25) is 0 Å². The maximum absolute atomic E-state index is 13.5. The molecule has 168 valence electrons. The van der Waals surface area contributed by atoms with Gasteiger partial charge in [0.05, 0.1) is 6.20 Å². The Kier molecular flexibility index (Phi) is 5.78. The van der Waals surface area contributed by atoms with Gasteiger partial charge < -0.3 is 15.3 Å². The topological polar surface area (TPSA) is 99.8 Å². The van der Waals surface area contributed by atoms with E-state index >= 15 is 0 Å². The molecule has 0 radical (unpaired) electrons. The van der Waals surface area contributed by atoms with E-state index in [0.29, 0.717) is 36.9 Å². The summed E-state index contributed by atoms with van der Waals surface area (Å²) in [5, 5.41) is 19.1. The van der Waals surface area contributed by atoms with Crippen LogP contribution in [0, 0.1) is 0 Å². The third kappa shape index (κ3) is 4.19. The molecule has 5 rings (SSSR count). The molecule has 0 bridgehead atoms. The summed E-state index contributed by atoms with van der Waals surface area (Å²) in [6.07, 6.45) is 4.56. The first kappa shape index (κ1) is 21.1. The fourth-order valence-corrected chi connectivity index (χ4v) is 5.15. The Morgan fingerprint density at radius 1 is 1.06 bits per heavy atom. The highest BCUT2D eigenvalue weighted by Gasteiger charge is 2.28. The van der Waals surface area contributed by atoms with E-state index in [0.717, 1.165) is 18.4 Å². The lowest BCUT2D eigenvalue weighted by Gasteiger charge is -2.32. The molecule has 1 aromatic carbocycles. The number of anilines is 1. The number of benzene rings is 1. The highest BCUT2D eigenvalue weighted by molar-refractivity contribution is 7.10. The van der Waals surface area contributed by atoms with Crippen molar-refractivity contribution in [2.24, 2.45) is 0 Å². The molecular weight excluding hydrogens is 438 g/mol. The van der Waals surface area contributed by atoms with Crippen LogP contribution in [0.3, 0.4) is 0 Å².